The van der Waals surface area contributed by atoms with Crippen LogP contribution in [-0.4, -0.2) is 24.1 Å². The molecule has 0 saturated carbocycles. The van der Waals surface area contributed by atoms with Crippen LogP contribution in [0.4, 0.5) is 5.69 Å². The second-order valence-electron chi connectivity index (χ2n) is 3.86. The van der Waals surface area contributed by atoms with Crippen molar-refractivity contribution >= 4 is 46.5 Å². The summed E-state index contributed by atoms with van der Waals surface area (Å²) in [6.45, 7) is 0.000664. The quantitative estimate of drug-likeness (QED) is 0.375. The van der Waals surface area contributed by atoms with Crippen molar-refractivity contribution in [1.82, 2.24) is 5.43 Å². The van der Waals surface area contributed by atoms with Crippen LogP contribution in [0.2, 0.25) is 10.0 Å². The Morgan fingerprint density at radius 2 is 1.89 bits per heavy atom. The number of nitrogens with one attached hydrogen (secondary N) is 1. The summed E-state index contributed by atoms with van der Waals surface area (Å²) in [6.07, 6.45) is -0.0438. The lowest BCUT2D eigenvalue weighted by Crippen LogP contribution is -2.36. The van der Waals surface area contributed by atoms with Gasteiger partial charge in [0.1, 0.15) is 0 Å². The highest BCUT2D eigenvalue weighted by Gasteiger charge is 2.39. The number of Topliss-reactive ketones (excluding diaryl/α,β-unsaturated/α-hetero) is 1. The van der Waals surface area contributed by atoms with Gasteiger partial charge in [0.25, 0.3) is 11.7 Å². The van der Waals surface area contributed by atoms with Crippen LogP contribution < -0.4 is 16.2 Å². The fourth-order valence-electron chi connectivity index (χ4n) is 1.85. The number of hydrogen-bond acceptors (Lipinski definition) is 4. The van der Waals surface area contributed by atoms with Crippen molar-refractivity contribution in [3.63, 3.8) is 0 Å². The number of ketones is 1. The molecule has 1 aromatic rings. The van der Waals surface area contributed by atoms with Crippen molar-refractivity contribution in [3.05, 3.63) is 27.7 Å². The highest BCUT2D eigenvalue weighted by molar-refractivity contribution is 6.57. The van der Waals surface area contributed by atoms with Gasteiger partial charge in [0.05, 0.1) is 21.3 Å². The maximum Gasteiger partial charge on any atom is 0.299 e. The predicted molar refractivity (Wildman–Crippen MR) is 70.1 cm³/mol. The van der Waals surface area contributed by atoms with Gasteiger partial charge in [0, 0.05) is 13.0 Å². The maximum absolute atomic E-state index is 11.9. The molecule has 1 aliphatic rings. The minimum Gasteiger partial charge on any atom is -0.303 e. The molecule has 19 heavy (non-hydrogen) atoms. The number of anilines is 1. The molecule has 6 nitrogen and oxygen atoms in total. The Kier molecular flexibility index (Phi) is 3.75. The third kappa shape index (κ3) is 2.30. The zero-order valence-corrected chi connectivity index (χ0v) is 11.1. The summed E-state index contributed by atoms with van der Waals surface area (Å²) < 4.78 is 0. The van der Waals surface area contributed by atoms with E-state index in [2.05, 4.69) is 0 Å². The topological polar surface area (TPSA) is 92.5 Å². The van der Waals surface area contributed by atoms with Crippen LogP contribution in [0.5, 0.6) is 0 Å². The van der Waals surface area contributed by atoms with E-state index in [9.17, 15) is 14.4 Å². The Bertz CT molecular complexity index is 589. The molecule has 1 aliphatic heterocycles. The van der Waals surface area contributed by atoms with Crippen molar-refractivity contribution < 1.29 is 14.4 Å². The van der Waals surface area contributed by atoms with Crippen molar-refractivity contribution in [2.24, 2.45) is 5.84 Å². The average Bonchev–Trinajstić information content (AvgIpc) is 2.65. The molecule has 0 atom stereocenters. The number of nitrogens with two attached hydrogens (primary N) is 1. The first-order chi connectivity index (χ1) is 8.97. The Hall–Kier alpha value is -1.63. The van der Waals surface area contributed by atoms with Crippen molar-refractivity contribution in [2.45, 2.75) is 6.42 Å². The van der Waals surface area contributed by atoms with Crippen LogP contribution in [0.3, 0.4) is 0 Å². The normalized spacial score (nSPS) is 13.7. The molecule has 1 heterocycles. The van der Waals surface area contributed by atoms with Crippen molar-refractivity contribution in [1.29, 1.82) is 0 Å². The second kappa shape index (κ2) is 5.16. The summed E-state index contributed by atoms with van der Waals surface area (Å²) >= 11 is 11.9. The number of nitrogens with zero attached hydrogens (tertiary/aromatic N) is 1. The third-order valence-corrected chi connectivity index (χ3v) is 3.36. The maximum atomic E-state index is 11.9. The molecule has 0 aliphatic carbocycles. The highest BCUT2D eigenvalue weighted by atomic mass is 35.5. The summed E-state index contributed by atoms with van der Waals surface area (Å²) in [4.78, 5) is 35.9. The molecule has 0 aromatic heterocycles. The van der Waals surface area contributed by atoms with Gasteiger partial charge >= 0.3 is 0 Å². The lowest BCUT2D eigenvalue weighted by molar-refractivity contribution is -0.121. The Balaban J connectivity index is 2.39. The fraction of sp³-hybridized carbons (Fsp3) is 0.182. The zero-order valence-electron chi connectivity index (χ0n) is 9.57. The lowest BCUT2D eigenvalue weighted by Gasteiger charge is -2.17. The van der Waals surface area contributed by atoms with Gasteiger partial charge in [-0.25, -0.2) is 5.84 Å². The van der Waals surface area contributed by atoms with Crippen LogP contribution in [0, 0.1) is 0 Å². The molecule has 3 N–H and O–H groups in total. The summed E-state index contributed by atoms with van der Waals surface area (Å²) in [5.74, 6) is 3.02. The Labute approximate surface area is 118 Å². The molecule has 8 heteroatoms. The number of benzene rings is 1. The SMILES string of the molecule is NNC(=O)CCN1C(=O)C(=O)c2c(Cl)ccc(Cl)c21. The molecule has 0 saturated heterocycles. The smallest absolute Gasteiger partial charge is 0.299 e. The first-order valence-corrected chi connectivity index (χ1v) is 6.06. The van der Waals surface area contributed by atoms with E-state index in [-0.39, 0.29) is 34.3 Å². The summed E-state index contributed by atoms with van der Waals surface area (Å²) in [7, 11) is 0. The molecule has 0 radical (unpaired) electrons. The van der Waals surface area contributed by atoms with Gasteiger partial charge in [-0.05, 0) is 12.1 Å². The van der Waals surface area contributed by atoms with Crippen LogP contribution in [0.25, 0.3) is 0 Å². The lowest BCUT2D eigenvalue weighted by atomic mass is 10.1. The van der Waals surface area contributed by atoms with Gasteiger partial charge in [-0.15, -0.1) is 0 Å². The average molecular weight is 302 g/mol. The van der Waals surface area contributed by atoms with E-state index in [0.717, 1.165) is 4.90 Å². The summed E-state index contributed by atoms with van der Waals surface area (Å²) in [5.41, 5.74) is 2.26. The van der Waals surface area contributed by atoms with E-state index in [4.69, 9.17) is 29.0 Å². The first-order valence-electron chi connectivity index (χ1n) is 5.31. The van der Waals surface area contributed by atoms with E-state index in [1.54, 1.807) is 0 Å². The highest BCUT2D eigenvalue weighted by Crippen LogP contribution is 2.39. The predicted octanol–water partition coefficient (Wildman–Crippen LogP) is 0.903. The molecule has 0 fully saturated rings. The largest absolute Gasteiger partial charge is 0.303 e. The van der Waals surface area contributed by atoms with E-state index in [0.29, 0.717) is 0 Å². The second-order valence-corrected chi connectivity index (χ2v) is 4.67. The molecule has 0 unspecified atom stereocenters. The number of hydrazine groups is 1. The molecular weight excluding hydrogens is 293 g/mol. The third-order valence-electron chi connectivity index (χ3n) is 2.74. The molecule has 0 bridgehead atoms. The van der Waals surface area contributed by atoms with Crippen LogP contribution in [-0.2, 0) is 9.59 Å². The van der Waals surface area contributed by atoms with E-state index in [1.165, 1.54) is 12.1 Å². The monoisotopic (exact) mass is 301 g/mol. The number of carbonyl (C=O) groups excluding carboxylic acids is 3. The summed E-state index contributed by atoms with van der Waals surface area (Å²) in [5, 5.41) is 0.385. The molecule has 0 spiro atoms. The van der Waals surface area contributed by atoms with Gasteiger partial charge in [0.15, 0.2) is 0 Å². The number of halogens is 2. The standard InChI is InChI=1S/C11H9Cl2N3O3/c12-5-1-2-6(13)9-8(5)10(18)11(19)16(9)4-3-7(17)15-14/h1-2H,3-4,14H2,(H,15,17). The zero-order chi connectivity index (χ0) is 14.2. The molecule has 2 rings (SSSR count). The minimum atomic E-state index is -0.755. The Morgan fingerprint density at radius 3 is 2.53 bits per heavy atom. The number of amides is 2. The fourth-order valence-corrected chi connectivity index (χ4v) is 2.35. The van der Waals surface area contributed by atoms with Gasteiger partial charge in [-0.1, -0.05) is 23.2 Å². The van der Waals surface area contributed by atoms with Crippen molar-refractivity contribution in [2.75, 3.05) is 11.4 Å². The number of rotatable bonds is 3. The van der Waals surface area contributed by atoms with E-state index >= 15 is 0 Å². The summed E-state index contributed by atoms with van der Waals surface area (Å²) in [6, 6.07) is 2.94. The van der Waals surface area contributed by atoms with Crippen molar-refractivity contribution in [3.8, 4) is 0 Å². The Morgan fingerprint density at radius 1 is 1.26 bits per heavy atom. The van der Waals surface area contributed by atoms with E-state index in [1.807, 2.05) is 5.43 Å². The number of hydrogen-bond donors (Lipinski definition) is 2. The number of carbonyl (C=O) groups is 3. The van der Waals surface area contributed by atoms with Gasteiger partial charge in [0.2, 0.25) is 5.91 Å². The van der Waals surface area contributed by atoms with Gasteiger partial charge in [-0.2, -0.15) is 0 Å². The molecule has 100 valence electrons. The molecule has 1 aromatic carbocycles. The van der Waals surface area contributed by atoms with Gasteiger partial charge in [-0.3, -0.25) is 19.8 Å². The molecule has 2 amide bonds. The first kappa shape index (κ1) is 13.8. The van der Waals surface area contributed by atoms with Crippen LogP contribution in [0.1, 0.15) is 16.8 Å². The number of fused-ring (bicyclic) bond motifs is 1. The van der Waals surface area contributed by atoms with Crippen LogP contribution >= 0.6 is 23.2 Å². The van der Waals surface area contributed by atoms with Crippen LogP contribution in [0.15, 0.2) is 12.1 Å². The van der Waals surface area contributed by atoms with Gasteiger partial charge < -0.3 is 4.90 Å². The van der Waals surface area contributed by atoms with E-state index < -0.39 is 17.6 Å². The molecular formula is C11H9Cl2N3O3. The minimum absolute atomic E-state index is 0.000664.